The zero-order chi connectivity index (χ0) is 44.4. The lowest BCUT2D eigenvalue weighted by molar-refractivity contribution is 0.584. The molecule has 10 heteroatoms. The molecule has 0 radical (unpaired) electrons. The second-order valence-electron chi connectivity index (χ2n) is 17.9. The Balaban J connectivity index is 0.794. The van der Waals surface area contributed by atoms with Crippen LogP contribution in [0, 0.1) is 0 Å². The quantitative estimate of drug-likeness (QED) is 0.141. The van der Waals surface area contributed by atoms with E-state index in [2.05, 4.69) is 232 Å². The standard InChI is InChI=1S/C56H44N6OSSi2/c1-65(2)49-21-11-7-17-45(49)61(46-18-8-12-22-50(46)65)43-33-29-40(30-34-43)54-58-57-53(63-54)39-27-25-38(26-28-39)37-66(3)51-23-13-9-19-47(51)62(48-20-10-14-24-52(48)66)44-35-31-42(32-36-44)56-60-59-55(64-56)41-15-5-4-6-16-41/h4-36H,37H2,1-3H3. The molecule has 0 spiro atoms. The van der Waals surface area contributed by atoms with E-state index in [1.807, 2.05) is 18.2 Å². The van der Waals surface area contributed by atoms with Crippen LogP contribution in [0.25, 0.3) is 44.1 Å². The van der Waals surface area contributed by atoms with E-state index in [1.54, 1.807) is 11.3 Å². The number of anilines is 6. The van der Waals surface area contributed by atoms with Crippen LogP contribution in [-0.2, 0) is 6.04 Å². The van der Waals surface area contributed by atoms with Crippen LogP contribution in [0.5, 0.6) is 0 Å². The van der Waals surface area contributed by atoms with Crippen molar-refractivity contribution in [2.45, 2.75) is 25.7 Å². The minimum atomic E-state index is -2.30. The number of fused-ring (bicyclic) bond motifs is 4. The van der Waals surface area contributed by atoms with Gasteiger partial charge in [-0.2, -0.15) is 0 Å². The van der Waals surface area contributed by atoms with Crippen LogP contribution in [0.3, 0.4) is 0 Å². The summed E-state index contributed by atoms with van der Waals surface area (Å²) in [4.78, 5) is 4.82. The van der Waals surface area contributed by atoms with Crippen molar-refractivity contribution in [3.8, 4) is 44.1 Å². The largest absolute Gasteiger partial charge is 0.416 e. The molecule has 7 nitrogen and oxygen atoms in total. The van der Waals surface area contributed by atoms with E-state index in [9.17, 15) is 0 Å². The van der Waals surface area contributed by atoms with Gasteiger partial charge >= 0.3 is 0 Å². The fourth-order valence-electron chi connectivity index (χ4n) is 10.1. The first-order valence-corrected chi connectivity index (χ1v) is 28.9. The molecule has 0 saturated carbocycles. The van der Waals surface area contributed by atoms with Gasteiger partial charge in [0, 0.05) is 56.4 Å². The SMILES string of the molecule is C[Si]1(C)c2ccccc2N(c2ccc(-c3nnc(-c4ccc(C[Si]5(C)c6ccccc6N(c6ccc(-c7nnc(-c8ccccc8)s7)cc6)c6ccccc65)cc4)o3)cc2)c2ccccc21. The summed E-state index contributed by atoms with van der Waals surface area (Å²) < 4.78 is 6.36. The lowest BCUT2D eigenvalue weighted by atomic mass is 10.1. The van der Waals surface area contributed by atoms with Crippen LogP contribution in [0.1, 0.15) is 5.56 Å². The average molecular weight is 905 g/mol. The second-order valence-corrected chi connectivity index (χ2v) is 27.3. The van der Waals surface area contributed by atoms with E-state index < -0.39 is 16.1 Å². The third kappa shape index (κ3) is 6.67. The van der Waals surface area contributed by atoms with Crippen LogP contribution in [0.2, 0.25) is 19.6 Å². The third-order valence-corrected chi connectivity index (χ3v) is 22.4. The summed E-state index contributed by atoms with van der Waals surface area (Å²) in [6.07, 6.45) is 0. The van der Waals surface area contributed by atoms with E-state index in [0.29, 0.717) is 11.8 Å². The van der Waals surface area contributed by atoms with Crippen molar-refractivity contribution in [1.82, 2.24) is 20.4 Å². The zero-order valence-corrected chi connectivity index (χ0v) is 39.6. The van der Waals surface area contributed by atoms with Crippen LogP contribution in [0.15, 0.2) is 205 Å². The summed E-state index contributed by atoms with van der Waals surface area (Å²) in [7, 11) is -4.15. The molecule has 8 aromatic carbocycles. The second kappa shape index (κ2) is 15.9. The number of rotatable bonds is 8. The summed E-state index contributed by atoms with van der Waals surface area (Å²) in [5.74, 6) is 1.01. The van der Waals surface area contributed by atoms with Crippen molar-refractivity contribution in [3.05, 3.63) is 206 Å². The van der Waals surface area contributed by atoms with Crippen molar-refractivity contribution in [1.29, 1.82) is 0 Å². The van der Waals surface area contributed by atoms with Gasteiger partial charge in [0.1, 0.15) is 26.2 Å². The Bertz CT molecular complexity index is 3310. The molecule has 12 rings (SSSR count). The molecule has 0 bridgehead atoms. The van der Waals surface area contributed by atoms with Gasteiger partial charge in [-0.25, -0.2) is 0 Å². The van der Waals surface area contributed by atoms with Gasteiger partial charge in [0.15, 0.2) is 0 Å². The van der Waals surface area contributed by atoms with Crippen LogP contribution in [-0.4, -0.2) is 36.5 Å². The molecule has 0 unspecified atom stereocenters. The van der Waals surface area contributed by atoms with Gasteiger partial charge in [-0.05, 0) is 117 Å². The Morgan fingerprint density at radius 2 is 0.773 bits per heavy atom. The van der Waals surface area contributed by atoms with Crippen molar-refractivity contribution < 1.29 is 4.42 Å². The molecule has 318 valence electrons. The Morgan fingerprint density at radius 1 is 0.394 bits per heavy atom. The molecule has 0 amide bonds. The van der Waals surface area contributed by atoms with E-state index in [1.165, 1.54) is 49.1 Å². The maximum Gasteiger partial charge on any atom is 0.248 e. The van der Waals surface area contributed by atoms with E-state index in [-0.39, 0.29) is 0 Å². The van der Waals surface area contributed by atoms with Gasteiger partial charge < -0.3 is 14.2 Å². The number of hydrogen-bond acceptors (Lipinski definition) is 8. The monoisotopic (exact) mass is 904 g/mol. The number of hydrogen-bond donors (Lipinski definition) is 0. The van der Waals surface area contributed by atoms with Gasteiger partial charge in [0.25, 0.3) is 0 Å². The zero-order valence-electron chi connectivity index (χ0n) is 36.8. The molecular weight excluding hydrogens is 861 g/mol. The summed E-state index contributed by atoms with van der Waals surface area (Å²) >= 11 is 1.62. The third-order valence-electron chi connectivity index (χ3n) is 13.5. The average Bonchev–Trinajstić information content (AvgIpc) is 4.08. The smallest absolute Gasteiger partial charge is 0.248 e. The van der Waals surface area contributed by atoms with Gasteiger partial charge in [-0.1, -0.05) is 146 Å². The molecule has 4 heterocycles. The lowest BCUT2D eigenvalue weighted by Crippen LogP contribution is -2.62. The molecule has 0 atom stereocenters. The molecule has 2 aliphatic rings. The van der Waals surface area contributed by atoms with Crippen LogP contribution >= 0.6 is 11.3 Å². The fourth-order valence-corrected chi connectivity index (χ4v) is 18.1. The number of benzene rings is 8. The fraction of sp³-hybridized carbons (Fsp3) is 0.0714. The van der Waals surface area contributed by atoms with Crippen LogP contribution in [0.4, 0.5) is 34.1 Å². The first-order valence-electron chi connectivity index (χ1n) is 22.3. The van der Waals surface area contributed by atoms with E-state index in [4.69, 9.17) is 4.42 Å². The van der Waals surface area contributed by atoms with Gasteiger partial charge in [-0.3, -0.25) is 0 Å². The van der Waals surface area contributed by atoms with E-state index in [0.717, 1.165) is 49.7 Å². The van der Waals surface area contributed by atoms with Gasteiger partial charge in [0.2, 0.25) is 11.8 Å². The van der Waals surface area contributed by atoms with Gasteiger partial charge in [0.05, 0.1) is 0 Å². The number of para-hydroxylation sites is 4. The molecule has 0 aliphatic carbocycles. The number of nitrogens with zero attached hydrogens (tertiary/aromatic N) is 6. The Morgan fingerprint density at radius 3 is 1.26 bits per heavy atom. The number of aromatic nitrogens is 4. The molecule has 0 fully saturated rings. The molecule has 0 saturated heterocycles. The highest BCUT2D eigenvalue weighted by Gasteiger charge is 2.42. The molecule has 66 heavy (non-hydrogen) atoms. The topological polar surface area (TPSA) is 71.2 Å². The highest BCUT2D eigenvalue weighted by atomic mass is 32.1. The Hall–Kier alpha value is -7.51. The Labute approximate surface area is 390 Å². The minimum absolute atomic E-state index is 0.500. The molecular formula is C56H44N6OSSi2. The molecule has 10 aromatic rings. The highest BCUT2D eigenvalue weighted by molar-refractivity contribution is 7.18. The highest BCUT2D eigenvalue weighted by Crippen LogP contribution is 2.42. The summed E-state index contributed by atoms with van der Waals surface area (Å²) in [6.45, 7) is 7.41. The molecule has 0 N–H and O–H groups in total. The summed E-state index contributed by atoms with van der Waals surface area (Å²) in [5.41, 5.74) is 12.4. The van der Waals surface area contributed by atoms with E-state index >= 15 is 0 Å². The van der Waals surface area contributed by atoms with Gasteiger partial charge in [-0.15, -0.1) is 20.4 Å². The van der Waals surface area contributed by atoms with Crippen molar-refractivity contribution in [3.63, 3.8) is 0 Å². The van der Waals surface area contributed by atoms with Crippen molar-refractivity contribution >= 4 is 82.4 Å². The summed E-state index contributed by atoms with van der Waals surface area (Å²) in [5, 5.41) is 25.6. The minimum Gasteiger partial charge on any atom is -0.416 e. The predicted molar refractivity (Wildman–Crippen MR) is 277 cm³/mol. The molecule has 2 aromatic heterocycles. The maximum atomic E-state index is 6.36. The summed E-state index contributed by atoms with van der Waals surface area (Å²) in [6, 6.07) is 72.8. The maximum absolute atomic E-state index is 6.36. The van der Waals surface area contributed by atoms with Crippen molar-refractivity contribution in [2.24, 2.45) is 0 Å². The lowest BCUT2D eigenvalue weighted by Gasteiger charge is -2.42. The van der Waals surface area contributed by atoms with Crippen molar-refractivity contribution in [2.75, 3.05) is 9.80 Å². The first kappa shape index (κ1) is 40.0. The predicted octanol–water partition coefficient (Wildman–Crippen LogP) is 12.0. The van der Waals surface area contributed by atoms with Crippen LogP contribution < -0.4 is 30.5 Å². The first-order chi connectivity index (χ1) is 32.3. The normalized spacial score (nSPS) is 14.2. The Kier molecular flexibility index (Phi) is 9.63. The molecule has 2 aliphatic heterocycles.